The monoisotopic (exact) mass is 264 g/mol. The van der Waals surface area contributed by atoms with E-state index in [1.54, 1.807) is 13.1 Å². The molecule has 14 heavy (non-hydrogen) atoms. The lowest BCUT2D eigenvalue weighted by Crippen LogP contribution is -2.70. The summed E-state index contributed by atoms with van der Waals surface area (Å²) in [4.78, 5) is 0. The van der Waals surface area contributed by atoms with E-state index in [4.69, 9.17) is 4.74 Å². The number of nitrogens with two attached hydrogens (primary N) is 1. The molecule has 0 unspecified atom stereocenters. The van der Waals surface area contributed by atoms with Crippen LogP contribution in [0.5, 0.6) is 5.75 Å². The lowest BCUT2D eigenvalue weighted by Gasteiger charge is -2.12. The fourth-order valence-corrected chi connectivity index (χ4v) is 1.53. The van der Waals surface area contributed by atoms with Crippen LogP contribution in [0.3, 0.4) is 0 Å². The van der Waals surface area contributed by atoms with Crippen LogP contribution in [0.1, 0.15) is 0 Å². The van der Waals surface area contributed by atoms with E-state index in [1.807, 2.05) is 6.07 Å². The molecule has 0 heterocycles. The third-order valence-corrected chi connectivity index (χ3v) is 2.17. The SMILES string of the molecule is CNc1cc(Br)cc(OC)c1[NH2+][O-].O. The maximum atomic E-state index is 10.7. The standard InChI is InChI=1S/C8H11BrN2O2.H2O/c1-10-6-3-5(9)4-7(13-2)8(6)11-12;/h3-4,10H,11H2,1-2H3;1H2. The fourth-order valence-electron chi connectivity index (χ4n) is 1.09. The van der Waals surface area contributed by atoms with Gasteiger partial charge in [0.15, 0.2) is 11.4 Å². The first kappa shape index (κ1) is 13.2. The van der Waals surface area contributed by atoms with Crippen LogP contribution in [-0.2, 0) is 0 Å². The number of halogens is 1. The molecule has 0 aromatic heterocycles. The zero-order chi connectivity index (χ0) is 9.84. The summed E-state index contributed by atoms with van der Waals surface area (Å²) in [6.45, 7) is 0. The molecule has 0 aliphatic rings. The van der Waals surface area contributed by atoms with Crippen molar-refractivity contribution >= 4 is 27.3 Å². The second-order valence-electron chi connectivity index (χ2n) is 2.44. The molecule has 80 valence electrons. The molecule has 0 aliphatic heterocycles. The van der Waals surface area contributed by atoms with Crippen molar-refractivity contribution in [2.75, 3.05) is 19.5 Å². The summed E-state index contributed by atoms with van der Waals surface area (Å²) in [7, 11) is 3.29. The summed E-state index contributed by atoms with van der Waals surface area (Å²) in [5.41, 5.74) is 2.06. The van der Waals surface area contributed by atoms with E-state index in [1.165, 1.54) is 7.11 Å². The summed E-state index contributed by atoms with van der Waals surface area (Å²) in [5, 5.41) is 13.7. The summed E-state index contributed by atoms with van der Waals surface area (Å²) < 4.78 is 5.93. The van der Waals surface area contributed by atoms with Crippen LogP contribution in [0.25, 0.3) is 0 Å². The quantitative estimate of drug-likeness (QED) is 0.610. The molecule has 5 N–H and O–H groups in total. The third kappa shape index (κ3) is 2.58. The second kappa shape index (κ2) is 5.82. The molecule has 0 amide bonds. The van der Waals surface area contributed by atoms with Gasteiger partial charge in [0.05, 0.1) is 7.11 Å². The van der Waals surface area contributed by atoms with Crippen molar-refractivity contribution in [2.24, 2.45) is 0 Å². The average molecular weight is 265 g/mol. The first-order valence-electron chi connectivity index (χ1n) is 3.73. The Hall–Kier alpha value is -0.820. The minimum absolute atomic E-state index is 0. The van der Waals surface area contributed by atoms with E-state index in [0.29, 0.717) is 11.4 Å². The highest BCUT2D eigenvalue weighted by Gasteiger charge is 2.10. The largest absolute Gasteiger partial charge is 0.630 e. The van der Waals surface area contributed by atoms with Crippen molar-refractivity contribution in [2.45, 2.75) is 0 Å². The van der Waals surface area contributed by atoms with E-state index in [-0.39, 0.29) is 5.48 Å². The molecule has 0 bridgehead atoms. The first-order valence-corrected chi connectivity index (χ1v) is 4.52. The first-order chi connectivity index (χ1) is 6.22. The van der Waals surface area contributed by atoms with E-state index >= 15 is 0 Å². The molecule has 0 saturated heterocycles. The van der Waals surface area contributed by atoms with E-state index in [9.17, 15) is 5.21 Å². The molecule has 0 fully saturated rings. The zero-order valence-corrected chi connectivity index (χ0v) is 9.51. The summed E-state index contributed by atoms with van der Waals surface area (Å²) >= 11 is 3.32. The van der Waals surface area contributed by atoms with Gasteiger partial charge in [0, 0.05) is 17.6 Å². The van der Waals surface area contributed by atoms with Gasteiger partial charge in [-0.2, -0.15) is 0 Å². The van der Waals surface area contributed by atoms with Crippen LogP contribution >= 0.6 is 15.9 Å². The minimum atomic E-state index is 0. The predicted octanol–water partition coefficient (Wildman–Crippen LogP) is 0.367. The number of hydrogen-bond acceptors (Lipinski definition) is 3. The van der Waals surface area contributed by atoms with E-state index < -0.39 is 0 Å². The zero-order valence-electron chi connectivity index (χ0n) is 7.93. The Balaban J connectivity index is 0.00000169. The Bertz CT molecular complexity index is 282. The highest BCUT2D eigenvalue weighted by atomic mass is 79.9. The van der Waals surface area contributed by atoms with Crippen molar-refractivity contribution in [3.8, 4) is 5.75 Å². The molecular weight excluding hydrogens is 252 g/mol. The normalized spacial score (nSPS) is 9.14. The topological polar surface area (TPSA) is 92.4 Å². The highest BCUT2D eigenvalue weighted by Crippen LogP contribution is 2.32. The van der Waals surface area contributed by atoms with Gasteiger partial charge in [-0.3, -0.25) is 0 Å². The van der Waals surface area contributed by atoms with Crippen molar-refractivity contribution in [1.29, 1.82) is 0 Å². The van der Waals surface area contributed by atoms with Gasteiger partial charge < -0.3 is 26.2 Å². The molecule has 0 atom stereocenters. The van der Waals surface area contributed by atoms with Gasteiger partial charge >= 0.3 is 0 Å². The molecule has 1 aromatic carbocycles. The van der Waals surface area contributed by atoms with Crippen LogP contribution in [0.2, 0.25) is 0 Å². The number of hydrogen-bond donors (Lipinski definition) is 2. The Morgan fingerprint density at radius 1 is 1.50 bits per heavy atom. The van der Waals surface area contributed by atoms with Gasteiger partial charge in [-0.25, -0.2) is 0 Å². The molecule has 0 aliphatic carbocycles. The number of ether oxygens (including phenoxy) is 1. The van der Waals surface area contributed by atoms with Gasteiger partial charge in [-0.15, -0.1) is 0 Å². The summed E-state index contributed by atoms with van der Waals surface area (Å²) in [5.74, 6) is 0.564. The lowest BCUT2D eigenvalue weighted by molar-refractivity contribution is -0.496. The molecule has 1 aromatic rings. The maximum Gasteiger partial charge on any atom is 0.195 e. The number of rotatable bonds is 3. The van der Waals surface area contributed by atoms with Gasteiger partial charge in [-0.05, 0) is 6.07 Å². The fraction of sp³-hybridized carbons (Fsp3) is 0.250. The van der Waals surface area contributed by atoms with Gasteiger partial charge in [-0.1, -0.05) is 15.9 Å². The van der Waals surface area contributed by atoms with Crippen LogP contribution in [0.15, 0.2) is 16.6 Å². The number of anilines is 1. The maximum absolute atomic E-state index is 10.7. The minimum Gasteiger partial charge on any atom is -0.630 e. The van der Waals surface area contributed by atoms with Crippen LogP contribution < -0.4 is 15.5 Å². The summed E-state index contributed by atoms with van der Waals surface area (Å²) in [6, 6.07) is 3.58. The van der Waals surface area contributed by atoms with Crippen LogP contribution in [0.4, 0.5) is 11.4 Å². The van der Waals surface area contributed by atoms with E-state index in [2.05, 4.69) is 21.2 Å². The molecule has 0 radical (unpaired) electrons. The van der Waals surface area contributed by atoms with Crippen molar-refractivity contribution in [3.05, 3.63) is 21.8 Å². The van der Waals surface area contributed by atoms with Gasteiger partial charge in [0.2, 0.25) is 0 Å². The van der Waals surface area contributed by atoms with Gasteiger partial charge in [0.25, 0.3) is 0 Å². The molecular formula is C8H13BrN2O3. The molecule has 1 rings (SSSR count). The number of nitrogens with one attached hydrogen (secondary N) is 1. The number of benzene rings is 1. The Morgan fingerprint density at radius 3 is 2.57 bits per heavy atom. The average Bonchev–Trinajstić information content (AvgIpc) is 2.16. The Morgan fingerprint density at radius 2 is 2.14 bits per heavy atom. The van der Waals surface area contributed by atoms with Crippen molar-refractivity contribution in [3.63, 3.8) is 0 Å². The van der Waals surface area contributed by atoms with Crippen molar-refractivity contribution in [1.82, 2.24) is 0 Å². The van der Waals surface area contributed by atoms with Crippen LogP contribution in [0, 0.1) is 5.21 Å². The predicted molar refractivity (Wildman–Crippen MR) is 58.8 cm³/mol. The Kier molecular flexibility index (Phi) is 5.47. The molecule has 6 heteroatoms. The second-order valence-corrected chi connectivity index (χ2v) is 3.35. The number of methoxy groups -OCH3 is 1. The molecule has 5 nitrogen and oxygen atoms in total. The number of quaternary nitrogens is 1. The highest BCUT2D eigenvalue weighted by molar-refractivity contribution is 9.10. The van der Waals surface area contributed by atoms with Crippen LogP contribution in [-0.4, -0.2) is 19.6 Å². The lowest BCUT2D eigenvalue weighted by atomic mass is 10.2. The molecule has 0 spiro atoms. The summed E-state index contributed by atoms with van der Waals surface area (Å²) in [6.07, 6.45) is 0. The third-order valence-electron chi connectivity index (χ3n) is 1.71. The Labute approximate surface area is 90.5 Å². The smallest absolute Gasteiger partial charge is 0.195 e. The molecule has 0 saturated carbocycles. The van der Waals surface area contributed by atoms with E-state index in [0.717, 1.165) is 15.6 Å². The van der Waals surface area contributed by atoms with Gasteiger partial charge in [0.1, 0.15) is 5.69 Å². The van der Waals surface area contributed by atoms with Crippen molar-refractivity contribution < 1.29 is 15.7 Å².